The summed E-state index contributed by atoms with van der Waals surface area (Å²) in [6.45, 7) is 6.76. The fourth-order valence-electron chi connectivity index (χ4n) is 4.10. The zero-order valence-corrected chi connectivity index (χ0v) is 16.2. The van der Waals surface area contributed by atoms with Crippen LogP contribution < -0.4 is 5.32 Å². The average Bonchev–Trinajstić information content (AvgIpc) is 2.95. The Hall–Kier alpha value is -1.93. The average molecular weight is 378 g/mol. The van der Waals surface area contributed by atoms with Crippen LogP contribution in [0.4, 0.5) is 0 Å². The maximum Gasteiger partial charge on any atom is 0.275 e. The molecule has 2 fully saturated rings. The van der Waals surface area contributed by atoms with Crippen molar-refractivity contribution in [2.45, 2.75) is 57.6 Å². The van der Waals surface area contributed by atoms with Crippen LogP contribution in [0.2, 0.25) is 0 Å². The monoisotopic (exact) mass is 378 g/mol. The summed E-state index contributed by atoms with van der Waals surface area (Å²) in [4.78, 5) is 31.9. The van der Waals surface area contributed by atoms with Crippen molar-refractivity contribution in [3.63, 3.8) is 0 Å². The van der Waals surface area contributed by atoms with Gasteiger partial charge in [0.05, 0.1) is 5.60 Å². The van der Waals surface area contributed by atoms with E-state index in [1.807, 2.05) is 0 Å². The molecule has 2 aliphatic rings. The molecule has 150 valence electrons. The number of nitrogens with one attached hydrogen (secondary N) is 1. The fourth-order valence-corrected chi connectivity index (χ4v) is 4.10. The molecule has 2 amide bonds. The summed E-state index contributed by atoms with van der Waals surface area (Å²) in [5, 5.41) is 14.1. The van der Waals surface area contributed by atoms with Gasteiger partial charge >= 0.3 is 0 Å². The topological polar surface area (TPSA) is 98.9 Å². The minimum atomic E-state index is -0.782. The number of nitrogens with zero attached hydrogens (tertiary/aromatic N) is 3. The number of carbonyl (C=O) groups excluding carboxylic acids is 2. The Balaban J connectivity index is 1.51. The Labute approximate surface area is 159 Å². The van der Waals surface area contributed by atoms with Gasteiger partial charge in [0, 0.05) is 52.6 Å². The quantitative estimate of drug-likeness (QED) is 0.809. The SMILES string of the molecule is CC(=O)NC1CCN(CC2(O)CCCN(C(=O)c3coc(C)n3)CC2)CC1. The van der Waals surface area contributed by atoms with E-state index in [1.165, 1.54) is 6.26 Å². The standard InChI is InChI=1S/C19H30N4O4/c1-14(24)20-16-4-9-22(10-5-16)13-19(26)6-3-8-23(11-7-19)18(25)17-12-27-15(2)21-17/h12,16,26H,3-11,13H2,1-2H3,(H,20,24). The zero-order chi connectivity index (χ0) is 19.4. The Morgan fingerprint density at radius 2 is 2.04 bits per heavy atom. The minimum Gasteiger partial charge on any atom is -0.448 e. The molecule has 1 unspecified atom stereocenters. The van der Waals surface area contributed by atoms with Crippen LogP contribution in [0.1, 0.15) is 55.4 Å². The second kappa shape index (κ2) is 8.39. The molecule has 1 aromatic heterocycles. The van der Waals surface area contributed by atoms with E-state index in [1.54, 1.807) is 18.7 Å². The van der Waals surface area contributed by atoms with Gasteiger partial charge in [0.25, 0.3) is 5.91 Å². The second-order valence-corrected chi connectivity index (χ2v) is 7.87. The largest absolute Gasteiger partial charge is 0.448 e. The highest BCUT2D eigenvalue weighted by Gasteiger charge is 2.35. The molecule has 0 bridgehead atoms. The Morgan fingerprint density at radius 3 is 2.67 bits per heavy atom. The summed E-state index contributed by atoms with van der Waals surface area (Å²) in [7, 11) is 0. The van der Waals surface area contributed by atoms with Crippen molar-refractivity contribution in [1.29, 1.82) is 0 Å². The smallest absolute Gasteiger partial charge is 0.275 e. The van der Waals surface area contributed by atoms with E-state index in [0.29, 0.717) is 44.1 Å². The van der Waals surface area contributed by atoms with E-state index in [0.717, 1.165) is 32.4 Å². The molecule has 3 heterocycles. The van der Waals surface area contributed by atoms with E-state index in [9.17, 15) is 14.7 Å². The van der Waals surface area contributed by atoms with Crippen molar-refractivity contribution in [2.75, 3.05) is 32.7 Å². The number of piperidine rings is 1. The molecule has 2 saturated heterocycles. The first-order valence-electron chi connectivity index (χ1n) is 9.78. The van der Waals surface area contributed by atoms with E-state index in [4.69, 9.17) is 4.42 Å². The summed E-state index contributed by atoms with van der Waals surface area (Å²) in [6, 6.07) is 0.238. The lowest BCUT2D eigenvalue weighted by molar-refractivity contribution is -0.120. The summed E-state index contributed by atoms with van der Waals surface area (Å²) < 4.78 is 5.14. The highest BCUT2D eigenvalue weighted by Crippen LogP contribution is 2.26. The van der Waals surface area contributed by atoms with Crippen LogP contribution in [0, 0.1) is 6.92 Å². The molecule has 0 radical (unpaired) electrons. The van der Waals surface area contributed by atoms with Crippen molar-refractivity contribution in [1.82, 2.24) is 20.1 Å². The van der Waals surface area contributed by atoms with Crippen LogP contribution in [-0.4, -0.2) is 76.1 Å². The number of aliphatic hydroxyl groups is 1. The number of amides is 2. The lowest BCUT2D eigenvalue weighted by Gasteiger charge is -2.38. The summed E-state index contributed by atoms with van der Waals surface area (Å²) in [6.07, 6.45) is 5.22. The van der Waals surface area contributed by atoms with E-state index in [2.05, 4.69) is 15.2 Å². The van der Waals surface area contributed by atoms with Gasteiger partial charge in [-0.3, -0.25) is 9.59 Å². The number of carbonyl (C=O) groups is 2. The lowest BCUT2D eigenvalue weighted by Crippen LogP contribution is -2.50. The summed E-state index contributed by atoms with van der Waals surface area (Å²) in [5.41, 5.74) is -0.451. The first-order valence-corrected chi connectivity index (χ1v) is 9.78. The Bertz CT molecular complexity index is 668. The molecule has 8 nitrogen and oxygen atoms in total. The van der Waals surface area contributed by atoms with Gasteiger partial charge in [0.15, 0.2) is 11.6 Å². The molecule has 2 N–H and O–H groups in total. The molecule has 0 aromatic carbocycles. The predicted octanol–water partition coefficient (Wildman–Crippen LogP) is 0.941. The van der Waals surface area contributed by atoms with Crippen LogP contribution in [-0.2, 0) is 4.79 Å². The van der Waals surface area contributed by atoms with Crippen LogP contribution in [0.25, 0.3) is 0 Å². The van der Waals surface area contributed by atoms with Crippen LogP contribution >= 0.6 is 0 Å². The highest BCUT2D eigenvalue weighted by molar-refractivity contribution is 5.92. The van der Waals surface area contributed by atoms with Gasteiger partial charge < -0.3 is 24.6 Å². The number of aromatic nitrogens is 1. The molecule has 1 atom stereocenters. The third-order valence-corrected chi connectivity index (χ3v) is 5.56. The van der Waals surface area contributed by atoms with Crippen molar-refractivity contribution in [3.05, 3.63) is 17.8 Å². The number of oxazole rings is 1. The van der Waals surface area contributed by atoms with Crippen molar-refractivity contribution in [3.8, 4) is 0 Å². The van der Waals surface area contributed by atoms with E-state index in [-0.39, 0.29) is 17.9 Å². The van der Waals surface area contributed by atoms with Crippen molar-refractivity contribution >= 4 is 11.8 Å². The van der Waals surface area contributed by atoms with Gasteiger partial charge in [0.2, 0.25) is 5.91 Å². The van der Waals surface area contributed by atoms with Gasteiger partial charge in [0.1, 0.15) is 6.26 Å². The van der Waals surface area contributed by atoms with Crippen LogP contribution in [0.3, 0.4) is 0 Å². The number of rotatable bonds is 4. The number of likely N-dealkylation sites (tertiary alicyclic amines) is 2. The molecule has 27 heavy (non-hydrogen) atoms. The molecule has 8 heteroatoms. The molecular weight excluding hydrogens is 348 g/mol. The van der Waals surface area contributed by atoms with Gasteiger partial charge in [-0.1, -0.05) is 0 Å². The number of aryl methyl sites for hydroxylation is 1. The Morgan fingerprint density at radius 1 is 1.30 bits per heavy atom. The normalized spacial score (nSPS) is 25.2. The molecular formula is C19H30N4O4. The maximum atomic E-state index is 12.6. The van der Waals surface area contributed by atoms with Gasteiger partial charge in [-0.05, 0) is 32.1 Å². The minimum absolute atomic E-state index is 0.0166. The van der Waals surface area contributed by atoms with Crippen LogP contribution in [0.5, 0.6) is 0 Å². The van der Waals surface area contributed by atoms with Crippen LogP contribution in [0.15, 0.2) is 10.7 Å². The first kappa shape index (κ1) is 19.8. The van der Waals surface area contributed by atoms with E-state index < -0.39 is 5.60 Å². The van der Waals surface area contributed by atoms with Gasteiger partial charge in [-0.15, -0.1) is 0 Å². The molecule has 0 spiro atoms. The molecule has 2 aliphatic heterocycles. The lowest BCUT2D eigenvalue weighted by atomic mass is 9.93. The van der Waals surface area contributed by atoms with Crippen molar-refractivity contribution in [2.24, 2.45) is 0 Å². The van der Waals surface area contributed by atoms with Crippen molar-refractivity contribution < 1.29 is 19.1 Å². The van der Waals surface area contributed by atoms with E-state index >= 15 is 0 Å². The molecule has 0 saturated carbocycles. The summed E-state index contributed by atoms with van der Waals surface area (Å²) >= 11 is 0. The maximum absolute atomic E-state index is 12.6. The summed E-state index contributed by atoms with van der Waals surface area (Å²) in [5.74, 6) is 0.363. The number of hydrogen-bond donors (Lipinski definition) is 2. The molecule has 0 aliphatic carbocycles. The van der Waals surface area contributed by atoms with Gasteiger partial charge in [-0.25, -0.2) is 4.98 Å². The highest BCUT2D eigenvalue weighted by atomic mass is 16.3. The fraction of sp³-hybridized carbons (Fsp3) is 0.737. The van der Waals surface area contributed by atoms with Gasteiger partial charge in [-0.2, -0.15) is 0 Å². The second-order valence-electron chi connectivity index (χ2n) is 7.87. The third-order valence-electron chi connectivity index (χ3n) is 5.56. The number of hydrogen-bond acceptors (Lipinski definition) is 6. The first-order chi connectivity index (χ1) is 12.8. The number of β-amino-alcohol motifs (C(OH)–C–C–N with tert-alkyl or cyclic N) is 1. The zero-order valence-electron chi connectivity index (χ0n) is 16.2. The molecule has 1 aromatic rings. The third kappa shape index (κ3) is 5.29. The Kier molecular flexibility index (Phi) is 6.16. The molecule has 3 rings (SSSR count). The predicted molar refractivity (Wildman–Crippen MR) is 99.2 cm³/mol.